The first-order chi connectivity index (χ1) is 9.13. The van der Waals surface area contributed by atoms with Crippen LogP contribution in [0.25, 0.3) is 0 Å². The van der Waals surface area contributed by atoms with Crippen molar-refractivity contribution < 1.29 is 14.6 Å². The van der Waals surface area contributed by atoms with Crippen LogP contribution >= 0.6 is 0 Å². The molecule has 0 aromatic heterocycles. The lowest BCUT2D eigenvalue weighted by Crippen LogP contribution is -2.35. The van der Waals surface area contributed by atoms with Gasteiger partial charge in [-0.05, 0) is 19.4 Å². The van der Waals surface area contributed by atoms with E-state index in [9.17, 15) is 5.11 Å². The minimum atomic E-state index is -0.504. The highest BCUT2D eigenvalue weighted by Crippen LogP contribution is 2.15. The van der Waals surface area contributed by atoms with Crippen molar-refractivity contribution in [3.63, 3.8) is 0 Å². The first kappa shape index (κ1) is 16.1. The lowest BCUT2D eigenvalue weighted by atomic mass is 10.1. The SMILES string of the molecule is COC(C)CNCC(O)COC(C)c1ccccc1. The fourth-order valence-electron chi connectivity index (χ4n) is 1.67. The van der Waals surface area contributed by atoms with Crippen molar-refractivity contribution in [2.45, 2.75) is 32.2 Å². The van der Waals surface area contributed by atoms with Crippen LogP contribution in [-0.4, -0.2) is 44.1 Å². The van der Waals surface area contributed by atoms with Crippen molar-refractivity contribution in [3.05, 3.63) is 35.9 Å². The molecule has 0 heterocycles. The third kappa shape index (κ3) is 6.68. The van der Waals surface area contributed by atoms with Gasteiger partial charge in [0.05, 0.1) is 24.9 Å². The molecule has 1 aromatic carbocycles. The van der Waals surface area contributed by atoms with Crippen LogP contribution in [0.2, 0.25) is 0 Å². The predicted octanol–water partition coefficient (Wildman–Crippen LogP) is 1.75. The zero-order chi connectivity index (χ0) is 14.1. The summed E-state index contributed by atoms with van der Waals surface area (Å²) in [6, 6.07) is 10.00. The third-order valence-electron chi connectivity index (χ3n) is 3.02. The average Bonchev–Trinajstić information content (AvgIpc) is 2.45. The van der Waals surface area contributed by atoms with Crippen molar-refractivity contribution in [3.8, 4) is 0 Å². The molecule has 0 aliphatic carbocycles. The van der Waals surface area contributed by atoms with E-state index >= 15 is 0 Å². The van der Waals surface area contributed by atoms with Gasteiger partial charge in [0.1, 0.15) is 0 Å². The van der Waals surface area contributed by atoms with Gasteiger partial charge in [-0.3, -0.25) is 0 Å². The molecule has 0 amide bonds. The number of nitrogens with one attached hydrogen (secondary N) is 1. The molecule has 0 fully saturated rings. The van der Waals surface area contributed by atoms with Gasteiger partial charge in [0.2, 0.25) is 0 Å². The zero-order valence-electron chi connectivity index (χ0n) is 12.0. The van der Waals surface area contributed by atoms with Gasteiger partial charge in [0.25, 0.3) is 0 Å². The van der Waals surface area contributed by atoms with E-state index in [0.29, 0.717) is 13.2 Å². The fraction of sp³-hybridized carbons (Fsp3) is 0.600. The molecule has 0 bridgehead atoms. The van der Waals surface area contributed by atoms with Gasteiger partial charge >= 0.3 is 0 Å². The normalized spacial score (nSPS) is 16.0. The summed E-state index contributed by atoms with van der Waals surface area (Å²) in [6.07, 6.45) is -0.361. The molecular formula is C15H25NO3. The van der Waals surface area contributed by atoms with Crippen molar-refractivity contribution in [2.75, 3.05) is 26.8 Å². The minimum absolute atomic E-state index is 0.00579. The highest BCUT2D eigenvalue weighted by molar-refractivity contribution is 5.16. The molecule has 0 saturated carbocycles. The summed E-state index contributed by atoms with van der Waals surface area (Å²) < 4.78 is 10.8. The van der Waals surface area contributed by atoms with Crippen LogP contribution in [0.3, 0.4) is 0 Å². The van der Waals surface area contributed by atoms with Gasteiger partial charge in [-0.2, -0.15) is 0 Å². The van der Waals surface area contributed by atoms with E-state index in [2.05, 4.69) is 5.32 Å². The van der Waals surface area contributed by atoms with Crippen molar-refractivity contribution in [1.29, 1.82) is 0 Å². The molecule has 0 radical (unpaired) electrons. The first-order valence-corrected chi connectivity index (χ1v) is 6.71. The number of benzene rings is 1. The van der Waals surface area contributed by atoms with Gasteiger partial charge in [-0.25, -0.2) is 0 Å². The summed E-state index contributed by atoms with van der Waals surface area (Å²) in [4.78, 5) is 0. The highest BCUT2D eigenvalue weighted by Gasteiger charge is 2.09. The van der Waals surface area contributed by atoms with Crippen LogP contribution < -0.4 is 5.32 Å². The van der Waals surface area contributed by atoms with E-state index in [4.69, 9.17) is 9.47 Å². The minimum Gasteiger partial charge on any atom is -0.389 e. The smallest absolute Gasteiger partial charge is 0.0897 e. The van der Waals surface area contributed by atoms with E-state index in [1.807, 2.05) is 44.2 Å². The van der Waals surface area contributed by atoms with E-state index in [-0.39, 0.29) is 12.2 Å². The summed E-state index contributed by atoms with van der Waals surface area (Å²) in [6.45, 7) is 5.53. The van der Waals surface area contributed by atoms with Gasteiger partial charge in [-0.1, -0.05) is 30.3 Å². The van der Waals surface area contributed by atoms with E-state index in [0.717, 1.165) is 12.1 Å². The standard InChI is InChI=1S/C15H25NO3/c1-12(18-3)9-16-10-15(17)11-19-13(2)14-7-5-4-6-8-14/h4-8,12-13,15-17H,9-11H2,1-3H3. The maximum atomic E-state index is 9.80. The number of rotatable bonds is 9. The van der Waals surface area contributed by atoms with Crippen LogP contribution in [0.5, 0.6) is 0 Å². The van der Waals surface area contributed by atoms with Gasteiger partial charge in [-0.15, -0.1) is 0 Å². The van der Waals surface area contributed by atoms with Gasteiger partial charge in [0, 0.05) is 20.2 Å². The number of aliphatic hydroxyl groups is 1. The average molecular weight is 267 g/mol. The summed E-state index contributed by atoms with van der Waals surface area (Å²) in [5.74, 6) is 0. The van der Waals surface area contributed by atoms with Crippen molar-refractivity contribution in [1.82, 2.24) is 5.32 Å². The Morgan fingerprint density at radius 1 is 1.16 bits per heavy atom. The highest BCUT2D eigenvalue weighted by atomic mass is 16.5. The molecule has 0 aliphatic rings. The quantitative estimate of drug-likeness (QED) is 0.715. The largest absolute Gasteiger partial charge is 0.389 e. The molecule has 0 spiro atoms. The third-order valence-corrected chi connectivity index (χ3v) is 3.02. The van der Waals surface area contributed by atoms with Crippen LogP contribution in [0.15, 0.2) is 30.3 Å². The Bertz CT molecular complexity index is 331. The summed E-state index contributed by atoms with van der Waals surface area (Å²) in [5.41, 5.74) is 1.12. The molecule has 0 aliphatic heterocycles. The Morgan fingerprint density at radius 3 is 2.47 bits per heavy atom. The van der Waals surface area contributed by atoms with E-state index < -0.39 is 6.10 Å². The van der Waals surface area contributed by atoms with Crippen LogP contribution in [0.4, 0.5) is 0 Å². The summed E-state index contributed by atoms with van der Waals surface area (Å²) >= 11 is 0. The predicted molar refractivity (Wildman–Crippen MR) is 76.2 cm³/mol. The summed E-state index contributed by atoms with van der Waals surface area (Å²) in [7, 11) is 1.67. The Kier molecular flexibility index (Phi) is 7.67. The molecule has 3 unspecified atom stereocenters. The van der Waals surface area contributed by atoms with Gasteiger partial charge in [0.15, 0.2) is 0 Å². The molecule has 4 nitrogen and oxygen atoms in total. The van der Waals surface area contributed by atoms with Crippen molar-refractivity contribution in [2.24, 2.45) is 0 Å². The van der Waals surface area contributed by atoms with Crippen LogP contribution in [0.1, 0.15) is 25.5 Å². The molecule has 4 heteroatoms. The molecule has 0 saturated heterocycles. The van der Waals surface area contributed by atoms with Crippen molar-refractivity contribution >= 4 is 0 Å². The summed E-state index contributed by atoms with van der Waals surface area (Å²) in [5, 5.41) is 12.9. The molecule has 1 rings (SSSR count). The van der Waals surface area contributed by atoms with E-state index in [1.165, 1.54) is 0 Å². The van der Waals surface area contributed by atoms with Gasteiger partial charge < -0.3 is 19.9 Å². The Hall–Kier alpha value is -0.940. The molecular weight excluding hydrogens is 242 g/mol. The number of hydrogen-bond acceptors (Lipinski definition) is 4. The van der Waals surface area contributed by atoms with Crippen LogP contribution in [0, 0.1) is 0 Å². The lowest BCUT2D eigenvalue weighted by Gasteiger charge is -2.18. The lowest BCUT2D eigenvalue weighted by molar-refractivity contribution is -0.00319. The second kappa shape index (κ2) is 9.04. The fourth-order valence-corrected chi connectivity index (χ4v) is 1.67. The topological polar surface area (TPSA) is 50.7 Å². The first-order valence-electron chi connectivity index (χ1n) is 6.71. The zero-order valence-corrected chi connectivity index (χ0v) is 12.0. The monoisotopic (exact) mass is 267 g/mol. The molecule has 19 heavy (non-hydrogen) atoms. The number of ether oxygens (including phenoxy) is 2. The molecule has 3 atom stereocenters. The molecule has 1 aromatic rings. The Balaban J connectivity index is 2.17. The number of methoxy groups -OCH3 is 1. The maximum Gasteiger partial charge on any atom is 0.0897 e. The number of hydrogen-bond donors (Lipinski definition) is 2. The second-order valence-corrected chi connectivity index (χ2v) is 4.74. The van der Waals surface area contributed by atoms with E-state index in [1.54, 1.807) is 7.11 Å². The number of aliphatic hydroxyl groups excluding tert-OH is 1. The molecule has 108 valence electrons. The Morgan fingerprint density at radius 2 is 1.84 bits per heavy atom. The maximum absolute atomic E-state index is 9.80. The van der Waals surface area contributed by atoms with Crippen LogP contribution in [-0.2, 0) is 9.47 Å². The second-order valence-electron chi connectivity index (χ2n) is 4.74. The Labute approximate surface area is 115 Å². The molecule has 2 N–H and O–H groups in total.